The van der Waals surface area contributed by atoms with Gasteiger partial charge in [-0.1, -0.05) is 6.07 Å². The molecule has 0 bridgehead atoms. The Morgan fingerprint density at radius 2 is 2.05 bits per heavy atom. The van der Waals surface area contributed by atoms with Crippen molar-refractivity contribution in [1.29, 1.82) is 0 Å². The van der Waals surface area contributed by atoms with E-state index in [9.17, 15) is 28.1 Å². The predicted molar refractivity (Wildman–Crippen MR) is 66.6 cm³/mol. The summed E-state index contributed by atoms with van der Waals surface area (Å²) in [6.45, 7) is -2.94. The molecule has 21 heavy (non-hydrogen) atoms. The summed E-state index contributed by atoms with van der Waals surface area (Å²) in [6.07, 6.45) is -4.69. The van der Waals surface area contributed by atoms with Crippen LogP contribution in [0.1, 0.15) is 10.4 Å². The summed E-state index contributed by atoms with van der Waals surface area (Å²) in [5, 5.41) is 19.6. The molecule has 3 N–H and O–H groups in total. The number of aliphatic hydroxyl groups is 1. The molecule has 1 aromatic carbocycles. The van der Waals surface area contributed by atoms with E-state index in [1.807, 2.05) is 0 Å². The van der Waals surface area contributed by atoms with Gasteiger partial charge in [0.15, 0.2) is 0 Å². The minimum atomic E-state index is -4.69. The zero-order chi connectivity index (χ0) is 16.2. The number of carbonyl (C=O) groups is 1. The minimum absolute atomic E-state index is 0.280. The molecule has 0 aliphatic carbocycles. The molecule has 7 nitrogen and oxygen atoms in total. The van der Waals surface area contributed by atoms with Gasteiger partial charge < -0.3 is 15.7 Å². The summed E-state index contributed by atoms with van der Waals surface area (Å²) in [5.41, 5.74) is 3.73. The normalized spacial score (nSPS) is 11.2. The first kappa shape index (κ1) is 16.7. The van der Waals surface area contributed by atoms with E-state index in [0.717, 1.165) is 12.1 Å². The lowest BCUT2D eigenvalue weighted by atomic mass is 10.1. The van der Waals surface area contributed by atoms with Crippen LogP contribution in [0.4, 0.5) is 24.5 Å². The standard InChI is InChI=1S/C11H12F3N3O4/c12-11(13,14)6-16(4-5-18)10(19)7-2-1-3-8(15)9(7)17(20)21/h1-3,18H,4-6,15H2. The van der Waals surface area contributed by atoms with Gasteiger partial charge in [-0.25, -0.2) is 0 Å². The number of carbonyl (C=O) groups excluding carboxylic acids is 1. The zero-order valence-corrected chi connectivity index (χ0v) is 10.6. The highest BCUT2D eigenvalue weighted by atomic mass is 19.4. The molecule has 1 amide bonds. The molecule has 1 rings (SSSR count). The molecule has 1 aromatic rings. The van der Waals surface area contributed by atoms with Crippen LogP contribution in [0.5, 0.6) is 0 Å². The fourth-order valence-corrected chi connectivity index (χ4v) is 1.70. The van der Waals surface area contributed by atoms with Crippen LogP contribution in [0.25, 0.3) is 0 Å². The van der Waals surface area contributed by atoms with Crippen molar-refractivity contribution in [2.24, 2.45) is 0 Å². The molecular formula is C11H12F3N3O4. The number of nitro groups is 1. The summed E-state index contributed by atoms with van der Waals surface area (Å²) in [4.78, 5) is 22.3. The summed E-state index contributed by atoms with van der Waals surface area (Å²) in [7, 11) is 0. The Labute approximate surface area is 116 Å². The molecule has 10 heteroatoms. The highest BCUT2D eigenvalue weighted by Gasteiger charge is 2.35. The van der Waals surface area contributed by atoms with E-state index in [4.69, 9.17) is 10.8 Å². The van der Waals surface area contributed by atoms with Crippen LogP contribution in [-0.2, 0) is 0 Å². The van der Waals surface area contributed by atoms with E-state index in [-0.39, 0.29) is 10.6 Å². The number of rotatable bonds is 5. The third kappa shape index (κ3) is 4.31. The van der Waals surface area contributed by atoms with Crippen molar-refractivity contribution in [3.63, 3.8) is 0 Å². The first-order valence-corrected chi connectivity index (χ1v) is 5.67. The average Bonchev–Trinajstić information content (AvgIpc) is 2.35. The summed E-state index contributed by atoms with van der Waals surface area (Å²) >= 11 is 0. The Kier molecular flexibility index (Phi) is 5.08. The van der Waals surface area contributed by atoms with Crippen LogP contribution in [0.3, 0.4) is 0 Å². The number of anilines is 1. The third-order valence-corrected chi connectivity index (χ3v) is 2.51. The van der Waals surface area contributed by atoms with E-state index in [0.29, 0.717) is 0 Å². The maximum Gasteiger partial charge on any atom is 0.406 e. The van der Waals surface area contributed by atoms with Crippen molar-refractivity contribution in [2.75, 3.05) is 25.4 Å². The van der Waals surface area contributed by atoms with Crippen molar-refractivity contribution in [3.05, 3.63) is 33.9 Å². The number of amides is 1. The van der Waals surface area contributed by atoms with Crippen LogP contribution >= 0.6 is 0 Å². The van der Waals surface area contributed by atoms with Crippen molar-refractivity contribution < 1.29 is 28.0 Å². The van der Waals surface area contributed by atoms with E-state index in [1.54, 1.807) is 0 Å². The van der Waals surface area contributed by atoms with Crippen LogP contribution < -0.4 is 5.73 Å². The maximum atomic E-state index is 12.4. The lowest BCUT2D eigenvalue weighted by molar-refractivity contribution is -0.384. The number of benzene rings is 1. The fraction of sp³-hybridized carbons (Fsp3) is 0.364. The topological polar surface area (TPSA) is 110 Å². The smallest absolute Gasteiger partial charge is 0.395 e. The van der Waals surface area contributed by atoms with Crippen molar-refractivity contribution in [3.8, 4) is 0 Å². The first-order valence-electron chi connectivity index (χ1n) is 5.67. The SMILES string of the molecule is Nc1cccc(C(=O)N(CCO)CC(F)(F)F)c1[N+](=O)[O-]. The molecular weight excluding hydrogens is 295 g/mol. The van der Waals surface area contributed by atoms with Gasteiger partial charge in [-0.15, -0.1) is 0 Å². The molecule has 0 fully saturated rings. The second-order valence-corrected chi connectivity index (χ2v) is 4.07. The first-order chi connectivity index (χ1) is 9.67. The Hall–Kier alpha value is -2.36. The van der Waals surface area contributed by atoms with Crippen LogP contribution in [-0.4, -0.2) is 46.7 Å². The second kappa shape index (κ2) is 6.39. The number of nitrogens with zero attached hydrogens (tertiary/aromatic N) is 2. The molecule has 116 valence electrons. The van der Waals surface area contributed by atoms with E-state index in [1.165, 1.54) is 6.07 Å². The maximum absolute atomic E-state index is 12.4. The molecule has 0 spiro atoms. The van der Waals surface area contributed by atoms with Gasteiger partial charge in [0.25, 0.3) is 5.91 Å². The highest BCUT2D eigenvalue weighted by molar-refractivity contribution is 6.00. The van der Waals surface area contributed by atoms with Crippen molar-refractivity contribution >= 4 is 17.3 Å². The Balaban J connectivity index is 3.21. The minimum Gasteiger partial charge on any atom is -0.395 e. The summed E-state index contributed by atoms with van der Waals surface area (Å²) < 4.78 is 37.2. The summed E-state index contributed by atoms with van der Waals surface area (Å²) in [6, 6.07) is 3.40. The number of alkyl halides is 3. The van der Waals surface area contributed by atoms with Gasteiger partial charge in [0.2, 0.25) is 0 Å². The van der Waals surface area contributed by atoms with E-state index in [2.05, 4.69) is 0 Å². The van der Waals surface area contributed by atoms with Crippen molar-refractivity contribution in [1.82, 2.24) is 4.90 Å². The molecule has 0 aromatic heterocycles. The lowest BCUT2D eigenvalue weighted by Crippen LogP contribution is -2.40. The number of halogens is 3. The summed E-state index contributed by atoms with van der Waals surface area (Å²) in [5.74, 6) is -1.22. The van der Waals surface area contributed by atoms with Crippen LogP contribution in [0.2, 0.25) is 0 Å². The van der Waals surface area contributed by atoms with Crippen LogP contribution in [0, 0.1) is 10.1 Å². The van der Waals surface area contributed by atoms with Crippen LogP contribution in [0.15, 0.2) is 18.2 Å². The lowest BCUT2D eigenvalue weighted by Gasteiger charge is -2.23. The number of nitrogens with two attached hydrogens (primary N) is 1. The number of nitro benzene ring substituents is 1. The van der Waals surface area contributed by atoms with Gasteiger partial charge >= 0.3 is 11.9 Å². The van der Waals surface area contributed by atoms with E-state index < -0.39 is 48.0 Å². The molecule has 0 heterocycles. The highest BCUT2D eigenvalue weighted by Crippen LogP contribution is 2.28. The van der Waals surface area contributed by atoms with Gasteiger partial charge in [-0.3, -0.25) is 14.9 Å². The Bertz CT molecular complexity index is 548. The monoisotopic (exact) mass is 307 g/mol. The van der Waals surface area contributed by atoms with Crippen molar-refractivity contribution in [2.45, 2.75) is 6.18 Å². The molecule has 0 saturated heterocycles. The average molecular weight is 307 g/mol. The number of hydrogen-bond donors (Lipinski definition) is 2. The number of nitrogen functional groups attached to an aromatic ring is 1. The molecule has 0 aliphatic rings. The predicted octanol–water partition coefficient (Wildman–Crippen LogP) is 1.17. The molecule has 0 aliphatic heterocycles. The third-order valence-electron chi connectivity index (χ3n) is 2.51. The van der Waals surface area contributed by atoms with Gasteiger partial charge in [0, 0.05) is 6.54 Å². The Morgan fingerprint density at radius 1 is 1.43 bits per heavy atom. The second-order valence-electron chi connectivity index (χ2n) is 4.07. The fourth-order valence-electron chi connectivity index (χ4n) is 1.70. The molecule has 0 unspecified atom stereocenters. The molecule has 0 saturated carbocycles. The Morgan fingerprint density at radius 3 is 2.52 bits per heavy atom. The quantitative estimate of drug-likeness (QED) is 0.482. The van der Waals surface area contributed by atoms with Gasteiger partial charge in [-0.2, -0.15) is 13.2 Å². The number of para-hydroxylation sites is 1. The van der Waals surface area contributed by atoms with E-state index >= 15 is 0 Å². The number of aliphatic hydroxyl groups excluding tert-OH is 1. The van der Waals surface area contributed by atoms with Gasteiger partial charge in [0.05, 0.1) is 11.5 Å². The van der Waals surface area contributed by atoms with Gasteiger partial charge in [0.1, 0.15) is 17.8 Å². The zero-order valence-electron chi connectivity index (χ0n) is 10.6. The molecule has 0 atom stereocenters. The molecule has 0 radical (unpaired) electrons. The van der Waals surface area contributed by atoms with Gasteiger partial charge in [-0.05, 0) is 12.1 Å². The largest absolute Gasteiger partial charge is 0.406 e. The number of hydrogen-bond acceptors (Lipinski definition) is 5.